The molecule has 0 radical (unpaired) electrons. The van der Waals surface area contributed by atoms with Crippen molar-refractivity contribution in [1.29, 1.82) is 0 Å². The van der Waals surface area contributed by atoms with Crippen molar-refractivity contribution in [2.24, 2.45) is 0 Å². The van der Waals surface area contributed by atoms with Crippen molar-refractivity contribution >= 4 is 17.5 Å². The maximum atomic E-state index is 12.1. The summed E-state index contributed by atoms with van der Waals surface area (Å²) in [5.74, 6) is 0.452. The minimum atomic E-state index is -0.562. The molecule has 1 saturated heterocycles. The number of rotatable bonds is 4. The standard InChI is InChI=1S/C14H20ClN3O2/c1-11(20-13-5-3-4-12(15)10-13)14(19)16-18-8-6-17(2)7-9-18/h3-5,10-11H,6-9H2,1-2H3,(H,16,19). The van der Waals surface area contributed by atoms with Crippen LogP contribution in [0.1, 0.15) is 6.92 Å². The molecule has 1 N–H and O–H groups in total. The predicted molar refractivity (Wildman–Crippen MR) is 78.8 cm³/mol. The van der Waals surface area contributed by atoms with Crippen molar-refractivity contribution in [2.75, 3.05) is 33.2 Å². The Morgan fingerprint density at radius 2 is 2.05 bits per heavy atom. The molecule has 110 valence electrons. The van der Waals surface area contributed by atoms with Gasteiger partial charge in [0.15, 0.2) is 6.10 Å². The van der Waals surface area contributed by atoms with E-state index in [1.807, 2.05) is 5.01 Å². The highest BCUT2D eigenvalue weighted by molar-refractivity contribution is 6.30. The monoisotopic (exact) mass is 297 g/mol. The average Bonchev–Trinajstić information content (AvgIpc) is 2.41. The van der Waals surface area contributed by atoms with Crippen LogP contribution in [0, 0.1) is 0 Å². The third-order valence-electron chi connectivity index (χ3n) is 3.25. The molecule has 1 aromatic carbocycles. The van der Waals surface area contributed by atoms with E-state index in [-0.39, 0.29) is 5.91 Å². The van der Waals surface area contributed by atoms with Crippen molar-refractivity contribution in [3.63, 3.8) is 0 Å². The molecule has 1 aliphatic heterocycles. The smallest absolute Gasteiger partial charge is 0.275 e. The zero-order valence-electron chi connectivity index (χ0n) is 11.8. The van der Waals surface area contributed by atoms with E-state index in [2.05, 4.69) is 17.4 Å². The van der Waals surface area contributed by atoms with Crippen LogP contribution in [0.3, 0.4) is 0 Å². The van der Waals surface area contributed by atoms with Crippen molar-refractivity contribution in [3.8, 4) is 5.75 Å². The first kappa shape index (κ1) is 15.1. The second-order valence-electron chi connectivity index (χ2n) is 4.98. The fourth-order valence-corrected chi connectivity index (χ4v) is 2.14. The summed E-state index contributed by atoms with van der Waals surface area (Å²) in [4.78, 5) is 14.3. The maximum Gasteiger partial charge on any atom is 0.275 e. The first-order valence-corrected chi connectivity index (χ1v) is 7.08. The lowest BCUT2D eigenvalue weighted by Crippen LogP contribution is -2.54. The van der Waals surface area contributed by atoms with Crippen LogP contribution in [-0.4, -0.2) is 55.1 Å². The van der Waals surface area contributed by atoms with Gasteiger partial charge >= 0.3 is 0 Å². The lowest BCUT2D eigenvalue weighted by molar-refractivity contribution is -0.133. The topological polar surface area (TPSA) is 44.8 Å². The summed E-state index contributed by atoms with van der Waals surface area (Å²) in [6.45, 7) is 5.28. The van der Waals surface area contributed by atoms with Gasteiger partial charge in [0.2, 0.25) is 0 Å². The molecule has 1 aliphatic rings. The van der Waals surface area contributed by atoms with Gasteiger partial charge in [0.25, 0.3) is 5.91 Å². The molecular weight excluding hydrogens is 278 g/mol. The summed E-state index contributed by atoms with van der Waals surface area (Å²) >= 11 is 5.88. The molecule has 0 bridgehead atoms. The van der Waals surface area contributed by atoms with Gasteiger partial charge in [-0.25, -0.2) is 5.01 Å². The number of benzene rings is 1. The molecule has 6 heteroatoms. The van der Waals surface area contributed by atoms with Crippen LogP contribution in [-0.2, 0) is 4.79 Å². The lowest BCUT2D eigenvalue weighted by Gasteiger charge is -2.33. The molecule has 5 nitrogen and oxygen atoms in total. The molecule has 1 heterocycles. The molecule has 1 amide bonds. The van der Waals surface area contributed by atoms with Gasteiger partial charge in [0.1, 0.15) is 5.75 Å². The number of hydrogen-bond acceptors (Lipinski definition) is 4. The number of hydrogen-bond donors (Lipinski definition) is 1. The Labute approximate surface area is 124 Å². The number of nitrogens with one attached hydrogen (secondary N) is 1. The van der Waals surface area contributed by atoms with Crippen LogP contribution in [0.15, 0.2) is 24.3 Å². The predicted octanol–water partition coefficient (Wildman–Crippen LogP) is 1.39. The molecule has 20 heavy (non-hydrogen) atoms. The second-order valence-corrected chi connectivity index (χ2v) is 5.42. The van der Waals surface area contributed by atoms with Gasteiger partial charge in [-0.15, -0.1) is 0 Å². The normalized spacial score (nSPS) is 18.6. The van der Waals surface area contributed by atoms with E-state index in [9.17, 15) is 4.79 Å². The van der Waals surface area contributed by atoms with Crippen LogP contribution in [0.5, 0.6) is 5.75 Å². The van der Waals surface area contributed by atoms with Gasteiger partial charge in [0.05, 0.1) is 0 Å². The number of halogens is 1. The van der Waals surface area contributed by atoms with Crippen molar-refractivity contribution in [2.45, 2.75) is 13.0 Å². The Morgan fingerprint density at radius 3 is 2.70 bits per heavy atom. The maximum absolute atomic E-state index is 12.1. The number of carbonyl (C=O) groups excluding carboxylic acids is 1. The molecule has 0 aliphatic carbocycles. The number of hydrazine groups is 1. The summed E-state index contributed by atoms with van der Waals surface area (Å²) < 4.78 is 5.59. The van der Waals surface area contributed by atoms with Crippen LogP contribution >= 0.6 is 11.6 Å². The summed E-state index contributed by atoms with van der Waals surface area (Å²) in [6.07, 6.45) is -0.562. The number of likely N-dealkylation sites (N-methyl/N-ethyl adjacent to an activating group) is 1. The highest BCUT2D eigenvalue weighted by Gasteiger charge is 2.20. The zero-order valence-corrected chi connectivity index (χ0v) is 12.6. The molecule has 0 aromatic heterocycles. The van der Waals surface area contributed by atoms with Crippen molar-refractivity contribution < 1.29 is 9.53 Å². The van der Waals surface area contributed by atoms with E-state index in [4.69, 9.17) is 16.3 Å². The molecule has 0 saturated carbocycles. The Hall–Kier alpha value is -1.30. The minimum Gasteiger partial charge on any atom is -0.481 e. The van der Waals surface area contributed by atoms with E-state index in [1.165, 1.54) is 0 Å². The molecule has 1 unspecified atom stereocenters. The van der Waals surface area contributed by atoms with Crippen molar-refractivity contribution in [3.05, 3.63) is 29.3 Å². The van der Waals surface area contributed by atoms with Gasteiger partial charge in [0, 0.05) is 31.2 Å². The lowest BCUT2D eigenvalue weighted by atomic mass is 10.3. The summed E-state index contributed by atoms with van der Waals surface area (Å²) in [5, 5.41) is 2.52. The van der Waals surface area contributed by atoms with Gasteiger partial charge in [-0.05, 0) is 32.2 Å². The third-order valence-corrected chi connectivity index (χ3v) is 3.48. The summed E-state index contributed by atoms with van der Waals surface area (Å²) in [6, 6.07) is 7.04. The number of carbonyl (C=O) groups is 1. The highest BCUT2D eigenvalue weighted by Crippen LogP contribution is 2.18. The fraction of sp³-hybridized carbons (Fsp3) is 0.500. The SMILES string of the molecule is CC(Oc1cccc(Cl)c1)C(=O)NN1CCN(C)CC1. The Morgan fingerprint density at radius 1 is 1.35 bits per heavy atom. The Bertz CT molecular complexity index is 461. The van der Waals surface area contributed by atoms with E-state index in [0.29, 0.717) is 10.8 Å². The van der Waals surface area contributed by atoms with Gasteiger partial charge in [-0.1, -0.05) is 17.7 Å². The third kappa shape index (κ3) is 4.37. The minimum absolute atomic E-state index is 0.144. The van der Waals surface area contributed by atoms with Crippen LogP contribution < -0.4 is 10.2 Å². The van der Waals surface area contributed by atoms with Gasteiger partial charge in [-0.2, -0.15) is 0 Å². The Balaban J connectivity index is 1.83. The first-order chi connectivity index (χ1) is 9.54. The number of piperazine rings is 1. The molecule has 0 spiro atoms. The van der Waals surface area contributed by atoms with Gasteiger partial charge in [-0.3, -0.25) is 10.2 Å². The molecule has 1 fully saturated rings. The second kappa shape index (κ2) is 6.92. The van der Waals surface area contributed by atoms with Crippen LogP contribution in [0.2, 0.25) is 5.02 Å². The molecule has 2 rings (SSSR count). The molecular formula is C14H20ClN3O2. The summed E-state index contributed by atoms with van der Waals surface area (Å²) in [5.41, 5.74) is 2.88. The number of ether oxygens (including phenoxy) is 1. The average molecular weight is 298 g/mol. The van der Waals surface area contributed by atoms with E-state index in [0.717, 1.165) is 26.2 Å². The van der Waals surface area contributed by atoms with E-state index >= 15 is 0 Å². The highest BCUT2D eigenvalue weighted by atomic mass is 35.5. The largest absolute Gasteiger partial charge is 0.481 e. The van der Waals surface area contributed by atoms with E-state index in [1.54, 1.807) is 31.2 Å². The van der Waals surface area contributed by atoms with E-state index < -0.39 is 6.10 Å². The molecule has 1 aromatic rings. The molecule has 1 atom stereocenters. The quantitative estimate of drug-likeness (QED) is 0.912. The van der Waals surface area contributed by atoms with Crippen LogP contribution in [0.25, 0.3) is 0 Å². The zero-order chi connectivity index (χ0) is 14.5. The van der Waals surface area contributed by atoms with Crippen molar-refractivity contribution in [1.82, 2.24) is 15.3 Å². The first-order valence-electron chi connectivity index (χ1n) is 6.71. The number of nitrogens with zero attached hydrogens (tertiary/aromatic N) is 2. The number of amides is 1. The van der Waals surface area contributed by atoms with Gasteiger partial charge < -0.3 is 9.64 Å². The fourth-order valence-electron chi connectivity index (χ4n) is 1.96. The summed E-state index contributed by atoms with van der Waals surface area (Å²) in [7, 11) is 2.07. The van der Waals surface area contributed by atoms with Crippen LogP contribution in [0.4, 0.5) is 0 Å². The Kier molecular flexibility index (Phi) is 5.23.